The van der Waals surface area contributed by atoms with Crippen molar-refractivity contribution < 1.29 is 19.1 Å². The molecule has 6 nitrogen and oxygen atoms in total. The summed E-state index contributed by atoms with van der Waals surface area (Å²) in [6.07, 6.45) is -0.947. The highest BCUT2D eigenvalue weighted by atomic mass is 32.1. The number of nitrogens with zero attached hydrogens (tertiary/aromatic N) is 1. The number of hydrogen-bond acceptors (Lipinski definition) is 6. The van der Waals surface area contributed by atoms with Gasteiger partial charge in [-0.05, 0) is 50.6 Å². The number of carbonyl (C=O) groups is 2. The third kappa shape index (κ3) is 5.89. The molecule has 3 rings (SSSR count). The van der Waals surface area contributed by atoms with Crippen molar-refractivity contribution in [1.82, 2.24) is 4.98 Å². The Balaban J connectivity index is 1.52. The Hall–Kier alpha value is -3.19. The molecule has 0 saturated carbocycles. The Bertz CT molecular complexity index is 998. The number of nitrogens with one attached hydrogen (secondary N) is 1. The van der Waals surface area contributed by atoms with Crippen molar-refractivity contribution in [1.29, 1.82) is 0 Å². The summed E-state index contributed by atoms with van der Waals surface area (Å²) in [5.74, 6) is -0.312. The zero-order valence-corrected chi connectivity index (χ0v) is 17.3. The summed E-state index contributed by atoms with van der Waals surface area (Å²) in [4.78, 5) is 28.8. The molecular weight excluding hydrogens is 388 g/mol. The molecule has 1 heterocycles. The molecular formula is C22H22N2O4S. The van der Waals surface area contributed by atoms with E-state index in [1.54, 1.807) is 11.4 Å². The summed E-state index contributed by atoms with van der Waals surface area (Å²) in [5, 5.41) is 4.98. The van der Waals surface area contributed by atoms with Crippen LogP contribution >= 0.6 is 11.3 Å². The van der Waals surface area contributed by atoms with Crippen LogP contribution in [-0.2, 0) is 16.1 Å². The molecule has 0 fully saturated rings. The van der Waals surface area contributed by atoms with E-state index < -0.39 is 18.0 Å². The highest BCUT2D eigenvalue weighted by Gasteiger charge is 2.21. The third-order valence-electron chi connectivity index (χ3n) is 4.08. The Morgan fingerprint density at radius 3 is 2.59 bits per heavy atom. The van der Waals surface area contributed by atoms with Crippen LogP contribution in [0.25, 0.3) is 0 Å². The first kappa shape index (κ1) is 20.5. The van der Waals surface area contributed by atoms with E-state index in [2.05, 4.69) is 10.3 Å². The normalized spacial score (nSPS) is 11.6. The van der Waals surface area contributed by atoms with Crippen LogP contribution in [0.15, 0.2) is 53.9 Å². The second-order valence-electron chi connectivity index (χ2n) is 6.63. The molecule has 0 bridgehead atoms. The fraction of sp³-hybridized carbons (Fsp3) is 0.227. The van der Waals surface area contributed by atoms with Gasteiger partial charge in [-0.2, -0.15) is 0 Å². The molecule has 0 saturated heterocycles. The van der Waals surface area contributed by atoms with Gasteiger partial charge >= 0.3 is 5.97 Å². The van der Waals surface area contributed by atoms with Gasteiger partial charge in [0.15, 0.2) is 11.8 Å². The molecule has 1 N–H and O–H groups in total. The van der Waals surface area contributed by atoms with Crippen molar-refractivity contribution in [2.75, 3.05) is 5.32 Å². The average molecular weight is 410 g/mol. The second-order valence-corrected chi connectivity index (χ2v) is 7.58. The van der Waals surface area contributed by atoms with E-state index in [0.29, 0.717) is 10.7 Å². The Morgan fingerprint density at radius 2 is 1.86 bits per heavy atom. The van der Waals surface area contributed by atoms with Crippen LogP contribution in [-0.4, -0.2) is 23.0 Å². The van der Waals surface area contributed by atoms with Gasteiger partial charge in [0, 0.05) is 11.1 Å². The van der Waals surface area contributed by atoms with Crippen LogP contribution in [0.5, 0.6) is 5.75 Å². The van der Waals surface area contributed by atoms with E-state index in [1.165, 1.54) is 18.3 Å². The monoisotopic (exact) mass is 410 g/mol. The highest BCUT2D eigenvalue weighted by molar-refractivity contribution is 7.09. The summed E-state index contributed by atoms with van der Waals surface area (Å²) in [6, 6.07) is 15.1. The lowest BCUT2D eigenvalue weighted by Crippen LogP contribution is -2.30. The molecule has 1 amide bonds. The molecule has 7 heteroatoms. The van der Waals surface area contributed by atoms with Crippen molar-refractivity contribution >= 4 is 28.9 Å². The topological polar surface area (TPSA) is 77.5 Å². The number of esters is 1. The van der Waals surface area contributed by atoms with Crippen LogP contribution in [0.3, 0.4) is 0 Å². The minimum Gasteiger partial charge on any atom is -0.486 e. The van der Waals surface area contributed by atoms with Crippen LogP contribution in [0.2, 0.25) is 0 Å². The Labute approximate surface area is 173 Å². The molecule has 3 aromatic rings. The van der Waals surface area contributed by atoms with E-state index in [4.69, 9.17) is 9.47 Å². The van der Waals surface area contributed by atoms with Gasteiger partial charge in [-0.1, -0.05) is 29.8 Å². The van der Waals surface area contributed by atoms with E-state index >= 15 is 0 Å². The lowest BCUT2D eigenvalue weighted by atomic mass is 10.2. The molecule has 0 aliphatic carbocycles. The molecule has 29 heavy (non-hydrogen) atoms. The number of thiazole rings is 1. The van der Waals surface area contributed by atoms with Gasteiger partial charge in [-0.15, -0.1) is 11.3 Å². The maximum Gasteiger partial charge on any atom is 0.358 e. The number of amides is 1. The third-order valence-corrected chi connectivity index (χ3v) is 4.91. The first-order valence-electron chi connectivity index (χ1n) is 9.13. The Kier molecular flexibility index (Phi) is 6.61. The number of rotatable bonds is 7. The molecule has 0 spiro atoms. The van der Waals surface area contributed by atoms with Gasteiger partial charge < -0.3 is 14.8 Å². The van der Waals surface area contributed by atoms with E-state index in [0.717, 1.165) is 16.9 Å². The average Bonchev–Trinajstić information content (AvgIpc) is 3.17. The quantitative estimate of drug-likeness (QED) is 0.580. The zero-order valence-electron chi connectivity index (χ0n) is 16.5. The lowest BCUT2D eigenvalue weighted by molar-refractivity contribution is -0.123. The molecule has 150 valence electrons. The molecule has 1 atom stereocenters. The van der Waals surface area contributed by atoms with Gasteiger partial charge in [0.05, 0.1) is 0 Å². The van der Waals surface area contributed by atoms with Crippen molar-refractivity contribution in [2.24, 2.45) is 0 Å². The summed E-state index contributed by atoms with van der Waals surface area (Å²) >= 11 is 1.30. The fourth-order valence-electron chi connectivity index (χ4n) is 2.49. The minimum absolute atomic E-state index is 0.160. The minimum atomic E-state index is -0.947. The SMILES string of the molecule is Cc1ccc(OCc2nc(C(=O)OC(C)C(=O)Nc3cccc(C)c3)cs2)cc1. The number of anilines is 1. The molecule has 2 aromatic carbocycles. The molecule has 1 aromatic heterocycles. The van der Waals surface area contributed by atoms with Crippen LogP contribution in [0.4, 0.5) is 5.69 Å². The standard InChI is InChI=1S/C22H22N2O4S/c1-14-7-9-18(10-8-14)27-12-20-24-19(13-29-20)22(26)28-16(3)21(25)23-17-6-4-5-15(2)11-17/h4-11,13,16H,12H2,1-3H3,(H,23,25). The van der Waals surface area contributed by atoms with E-state index in [1.807, 2.05) is 56.3 Å². The largest absolute Gasteiger partial charge is 0.486 e. The van der Waals surface area contributed by atoms with Gasteiger partial charge in [0.1, 0.15) is 17.4 Å². The number of carbonyl (C=O) groups excluding carboxylic acids is 2. The van der Waals surface area contributed by atoms with Gasteiger partial charge in [-0.25, -0.2) is 9.78 Å². The van der Waals surface area contributed by atoms with Gasteiger partial charge in [-0.3, -0.25) is 4.79 Å². The first-order valence-corrected chi connectivity index (χ1v) is 10.0. The fourth-order valence-corrected chi connectivity index (χ4v) is 3.17. The highest BCUT2D eigenvalue weighted by Crippen LogP contribution is 2.17. The summed E-state index contributed by atoms with van der Waals surface area (Å²) in [7, 11) is 0. The number of benzene rings is 2. The second kappa shape index (κ2) is 9.34. The van der Waals surface area contributed by atoms with Gasteiger partial charge in [0.2, 0.25) is 0 Å². The van der Waals surface area contributed by atoms with E-state index in [9.17, 15) is 9.59 Å². The maximum atomic E-state index is 12.3. The van der Waals surface area contributed by atoms with E-state index in [-0.39, 0.29) is 12.3 Å². The number of aromatic nitrogens is 1. The number of aryl methyl sites for hydroxylation is 2. The van der Waals surface area contributed by atoms with Crippen molar-refractivity contribution in [3.05, 3.63) is 75.7 Å². The van der Waals surface area contributed by atoms with Crippen LogP contribution in [0, 0.1) is 13.8 Å². The van der Waals surface area contributed by atoms with Crippen molar-refractivity contribution in [3.8, 4) is 5.75 Å². The smallest absolute Gasteiger partial charge is 0.358 e. The summed E-state index contributed by atoms with van der Waals surface area (Å²) in [5.41, 5.74) is 2.99. The molecule has 0 aliphatic rings. The zero-order chi connectivity index (χ0) is 20.8. The molecule has 0 radical (unpaired) electrons. The maximum absolute atomic E-state index is 12.3. The number of hydrogen-bond donors (Lipinski definition) is 1. The summed E-state index contributed by atoms with van der Waals surface area (Å²) < 4.78 is 10.9. The number of ether oxygens (including phenoxy) is 2. The lowest BCUT2D eigenvalue weighted by Gasteiger charge is -2.13. The Morgan fingerprint density at radius 1 is 1.10 bits per heavy atom. The molecule has 0 aliphatic heterocycles. The van der Waals surface area contributed by atoms with Crippen LogP contribution in [0.1, 0.15) is 33.5 Å². The van der Waals surface area contributed by atoms with Gasteiger partial charge in [0.25, 0.3) is 5.91 Å². The first-order chi connectivity index (χ1) is 13.9. The summed E-state index contributed by atoms with van der Waals surface area (Å²) in [6.45, 7) is 5.72. The molecule has 1 unspecified atom stereocenters. The predicted molar refractivity (Wildman–Crippen MR) is 112 cm³/mol. The van der Waals surface area contributed by atoms with Crippen molar-refractivity contribution in [3.63, 3.8) is 0 Å². The van der Waals surface area contributed by atoms with Crippen molar-refractivity contribution in [2.45, 2.75) is 33.5 Å². The van der Waals surface area contributed by atoms with Crippen LogP contribution < -0.4 is 10.1 Å². The predicted octanol–water partition coefficient (Wildman–Crippen LogP) is 4.52.